The molecule has 1 amide bonds. The molecule has 120 valence electrons. The first-order valence-corrected chi connectivity index (χ1v) is 9.17. The average molecular weight is 354 g/mol. The molecule has 6 heteroatoms. The maximum absolute atomic E-state index is 12.9. The minimum Gasteiger partial charge on any atom is -0.508 e. The Balaban J connectivity index is 1.75. The Morgan fingerprint density at radius 3 is 2.54 bits per heavy atom. The van der Waals surface area contributed by atoms with E-state index in [2.05, 4.69) is 5.43 Å². The van der Waals surface area contributed by atoms with Gasteiger partial charge in [-0.2, -0.15) is 0 Å². The Labute approximate surface area is 147 Å². The van der Waals surface area contributed by atoms with Crippen molar-refractivity contribution in [3.8, 4) is 5.75 Å². The summed E-state index contributed by atoms with van der Waals surface area (Å²) in [6.07, 6.45) is 1.98. The number of hydrogen-bond acceptors (Lipinski definition) is 5. The van der Waals surface area contributed by atoms with Crippen LogP contribution in [0.15, 0.2) is 65.4 Å². The number of amides is 1. The molecule has 1 atom stereocenters. The molecule has 0 bridgehead atoms. The lowest BCUT2D eigenvalue weighted by Crippen LogP contribution is -2.39. The summed E-state index contributed by atoms with van der Waals surface area (Å²) in [6, 6.07) is 14.4. The Morgan fingerprint density at radius 1 is 1.04 bits per heavy atom. The van der Waals surface area contributed by atoms with E-state index in [1.807, 2.05) is 47.2 Å². The van der Waals surface area contributed by atoms with E-state index in [9.17, 15) is 9.90 Å². The van der Waals surface area contributed by atoms with Crippen molar-refractivity contribution in [1.29, 1.82) is 0 Å². The third kappa shape index (κ3) is 2.60. The summed E-state index contributed by atoms with van der Waals surface area (Å²) in [6.45, 7) is 0. The fourth-order valence-corrected chi connectivity index (χ4v) is 4.06. The predicted octanol–water partition coefficient (Wildman–Crippen LogP) is 4.26. The van der Waals surface area contributed by atoms with Crippen molar-refractivity contribution in [2.45, 2.75) is 6.04 Å². The van der Waals surface area contributed by atoms with E-state index in [0.29, 0.717) is 10.4 Å². The SMILES string of the molecule is O=C(c1cccs1)N1NC(c2cccs2)=C[C@@H]1c1ccccc1O. The van der Waals surface area contributed by atoms with Crippen LogP contribution in [0, 0.1) is 0 Å². The highest BCUT2D eigenvalue weighted by molar-refractivity contribution is 7.12. The molecule has 0 radical (unpaired) electrons. The minimum absolute atomic E-state index is 0.110. The van der Waals surface area contributed by atoms with Crippen molar-refractivity contribution in [2.24, 2.45) is 0 Å². The molecule has 3 aromatic rings. The van der Waals surface area contributed by atoms with Gasteiger partial charge in [0.1, 0.15) is 11.8 Å². The second-order valence-electron chi connectivity index (χ2n) is 5.33. The van der Waals surface area contributed by atoms with Gasteiger partial charge in [0.05, 0.1) is 15.5 Å². The zero-order valence-corrected chi connectivity index (χ0v) is 14.2. The summed E-state index contributed by atoms with van der Waals surface area (Å²) < 4.78 is 0. The van der Waals surface area contributed by atoms with Gasteiger partial charge in [-0.25, -0.2) is 5.01 Å². The highest BCUT2D eigenvalue weighted by atomic mass is 32.1. The van der Waals surface area contributed by atoms with E-state index >= 15 is 0 Å². The van der Waals surface area contributed by atoms with Gasteiger partial charge in [0.15, 0.2) is 0 Å². The molecule has 0 saturated carbocycles. The lowest BCUT2D eigenvalue weighted by Gasteiger charge is -2.25. The smallest absolute Gasteiger partial charge is 0.283 e. The molecule has 0 fully saturated rings. The van der Waals surface area contributed by atoms with Gasteiger partial charge in [0, 0.05) is 5.56 Å². The number of thiophene rings is 2. The van der Waals surface area contributed by atoms with Crippen molar-refractivity contribution in [3.63, 3.8) is 0 Å². The molecule has 2 aromatic heterocycles. The van der Waals surface area contributed by atoms with Crippen LogP contribution in [0.25, 0.3) is 5.70 Å². The van der Waals surface area contributed by atoms with Gasteiger partial charge in [-0.1, -0.05) is 30.3 Å². The summed E-state index contributed by atoms with van der Waals surface area (Å²) in [5.41, 5.74) is 4.78. The maximum atomic E-state index is 12.9. The monoisotopic (exact) mass is 354 g/mol. The van der Waals surface area contributed by atoms with Gasteiger partial charge in [-0.05, 0) is 35.0 Å². The summed E-state index contributed by atoms with van der Waals surface area (Å²) in [5.74, 6) is 0.0676. The molecule has 3 heterocycles. The molecule has 1 aromatic carbocycles. The molecule has 4 rings (SSSR count). The predicted molar refractivity (Wildman–Crippen MR) is 96.8 cm³/mol. The molecule has 4 nitrogen and oxygen atoms in total. The highest BCUT2D eigenvalue weighted by Crippen LogP contribution is 2.37. The molecule has 0 aliphatic carbocycles. The molecule has 0 spiro atoms. The quantitative estimate of drug-likeness (QED) is 0.739. The Hall–Kier alpha value is -2.57. The van der Waals surface area contributed by atoms with Crippen molar-refractivity contribution < 1.29 is 9.90 Å². The van der Waals surface area contributed by atoms with Crippen molar-refractivity contribution in [1.82, 2.24) is 10.4 Å². The van der Waals surface area contributed by atoms with E-state index in [4.69, 9.17) is 0 Å². The zero-order valence-electron chi connectivity index (χ0n) is 12.5. The fourth-order valence-electron chi connectivity index (χ4n) is 2.70. The number of rotatable bonds is 3. The van der Waals surface area contributed by atoms with Crippen molar-refractivity contribution >= 4 is 34.3 Å². The van der Waals surface area contributed by atoms with E-state index in [-0.39, 0.29) is 17.7 Å². The minimum atomic E-state index is -0.363. The summed E-state index contributed by atoms with van der Waals surface area (Å²) >= 11 is 3.01. The third-order valence-corrected chi connectivity index (χ3v) is 5.60. The van der Waals surface area contributed by atoms with Gasteiger partial charge in [0.2, 0.25) is 0 Å². The number of phenolic OH excluding ortho intramolecular Hbond substituents is 1. The van der Waals surface area contributed by atoms with Crippen molar-refractivity contribution in [3.05, 3.63) is 80.7 Å². The van der Waals surface area contributed by atoms with Gasteiger partial charge in [-0.3, -0.25) is 10.2 Å². The van der Waals surface area contributed by atoms with E-state index in [1.54, 1.807) is 34.5 Å². The lowest BCUT2D eigenvalue weighted by atomic mass is 10.0. The number of carbonyl (C=O) groups is 1. The number of benzene rings is 1. The highest BCUT2D eigenvalue weighted by Gasteiger charge is 2.33. The van der Waals surface area contributed by atoms with Gasteiger partial charge >= 0.3 is 0 Å². The second-order valence-corrected chi connectivity index (χ2v) is 7.22. The largest absolute Gasteiger partial charge is 0.508 e. The number of nitrogens with one attached hydrogen (secondary N) is 1. The van der Waals surface area contributed by atoms with E-state index in [1.165, 1.54) is 11.3 Å². The number of phenols is 1. The second kappa shape index (κ2) is 6.14. The summed E-state index contributed by atoms with van der Waals surface area (Å²) in [7, 11) is 0. The van der Waals surface area contributed by atoms with Crippen LogP contribution in [0.5, 0.6) is 5.75 Å². The number of nitrogens with zero attached hydrogens (tertiary/aromatic N) is 1. The Kier molecular flexibility index (Phi) is 3.84. The van der Waals surface area contributed by atoms with Crippen LogP contribution in [-0.2, 0) is 0 Å². The maximum Gasteiger partial charge on any atom is 0.283 e. The van der Waals surface area contributed by atoms with Gasteiger partial charge in [0.25, 0.3) is 5.91 Å². The molecule has 1 aliphatic heterocycles. The molecule has 0 unspecified atom stereocenters. The van der Waals surface area contributed by atoms with Crippen LogP contribution in [0.3, 0.4) is 0 Å². The summed E-state index contributed by atoms with van der Waals surface area (Å²) in [5, 5.41) is 15.7. The number of para-hydroxylation sites is 1. The first-order chi connectivity index (χ1) is 11.7. The molecule has 2 N–H and O–H groups in total. The zero-order chi connectivity index (χ0) is 16.5. The molecular formula is C18H14N2O2S2. The van der Waals surface area contributed by atoms with Crippen LogP contribution < -0.4 is 5.43 Å². The number of aromatic hydroxyl groups is 1. The lowest BCUT2D eigenvalue weighted by molar-refractivity contribution is 0.0676. The van der Waals surface area contributed by atoms with Crippen LogP contribution in [-0.4, -0.2) is 16.0 Å². The van der Waals surface area contributed by atoms with E-state index in [0.717, 1.165) is 10.6 Å². The van der Waals surface area contributed by atoms with Crippen LogP contribution in [0.1, 0.15) is 26.2 Å². The van der Waals surface area contributed by atoms with Gasteiger partial charge in [-0.15, -0.1) is 22.7 Å². The van der Waals surface area contributed by atoms with Crippen LogP contribution in [0.2, 0.25) is 0 Å². The first kappa shape index (κ1) is 15.0. The number of hydrogen-bond donors (Lipinski definition) is 2. The molecular weight excluding hydrogens is 340 g/mol. The van der Waals surface area contributed by atoms with Gasteiger partial charge < -0.3 is 5.11 Å². The van der Waals surface area contributed by atoms with Crippen LogP contribution >= 0.6 is 22.7 Å². The number of carbonyl (C=O) groups excluding carboxylic acids is 1. The van der Waals surface area contributed by atoms with Crippen molar-refractivity contribution in [2.75, 3.05) is 0 Å². The Morgan fingerprint density at radius 2 is 1.83 bits per heavy atom. The number of hydrazine groups is 1. The average Bonchev–Trinajstić information content (AvgIpc) is 3.34. The molecule has 0 saturated heterocycles. The fraction of sp³-hybridized carbons (Fsp3) is 0.0556. The molecule has 24 heavy (non-hydrogen) atoms. The topological polar surface area (TPSA) is 52.6 Å². The standard InChI is InChI=1S/C18H14N2O2S2/c21-15-6-2-1-5-12(15)14-11-13(16-7-3-9-23-16)19-20(14)18(22)17-8-4-10-24-17/h1-11,14,19,21H/t14-/m1/s1. The first-order valence-electron chi connectivity index (χ1n) is 7.41. The van der Waals surface area contributed by atoms with E-state index < -0.39 is 0 Å². The normalized spacial score (nSPS) is 16.8. The third-order valence-electron chi connectivity index (χ3n) is 3.84. The molecule has 1 aliphatic rings. The Bertz CT molecular complexity index is 886. The van der Waals surface area contributed by atoms with Crippen LogP contribution in [0.4, 0.5) is 0 Å². The summed E-state index contributed by atoms with van der Waals surface area (Å²) in [4.78, 5) is 14.6.